The molecule has 122 valence electrons. The lowest BCUT2D eigenvalue weighted by atomic mass is 10.0. The largest absolute Gasteiger partial charge is 0.452 e. The van der Waals surface area contributed by atoms with Crippen LogP contribution in [0.15, 0.2) is 42.2 Å². The van der Waals surface area contributed by atoms with Crippen LogP contribution in [-0.4, -0.2) is 11.8 Å². The van der Waals surface area contributed by atoms with E-state index in [1.54, 1.807) is 38.1 Å². The monoisotopic (exact) mass is 326 g/mol. The summed E-state index contributed by atoms with van der Waals surface area (Å²) in [5.41, 5.74) is 1.30. The summed E-state index contributed by atoms with van der Waals surface area (Å²) >= 11 is 0. The van der Waals surface area contributed by atoms with E-state index in [1.165, 1.54) is 18.2 Å². The second-order valence-electron chi connectivity index (χ2n) is 5.40. The first kappa shape index (κ1) is 15.9. The molecule has 0 aliphatic carbocycles. The Morgan fingerprint density at radius 2 is 2.04 bits per heavy atom. The van der Waals surface area contributed by atoms with Gasteiger partial charge in [-0.3, -0.25) is 9.59 Å². The highest BCUT2D eigenvalue weighted by atomic mass is 19.1. The number of carbonyl (C=O) groups is 2. The van der Waals surface area contributed by atoms with E-state index in [2.05, 4.69) is 0 Å². The second-order valence-corrected chi connectivity index (χ2v) is 5.40. The smallest absolute Gasteiger partial charge is 0.310 e. The fraction of sp³-hybridized carbons (Fsp3) is 0.158. The van der Waals surface area contributed by atoms with E-state index in [0.717, 1.165) is 0 Å². The number of ether oxygens (including phenoxy) is 2. The van der Waals surface area contributed by atoms with Crippen molar-refractivity contribution in [2.24, 2.45) is 0 Å². The van der Waals surface area contributed by atoms with E-state index in [0.29, 0.717) is 22.6 Å². The number of rotatable bonds is 3. The molecule has 24 heavy (non-hydrogen) atoms. The van der Waals surface area contributed by atoms with Crippen molar-refractivity contribution in [3.63, 3.8) is 0 Å². The Bertz CT molecular complexity index is 868. The van der Waals surface area contributed by atoms with E-state index in [4.69, 9.17) is 9.47 Å². The Morgan fingerprint density at radius 1 is 1.29 bits per heavy atom. The zero-order valence-corrected chi connectivity index (χ0v) is 13.3. The van der Waals surface area contributed by atoms with Crippen molar-refractivity contribution >= 4 is 17.8 Å². The number of hydrogen-bond acceptors (Lipinski definition) is 4. The first-order valence-corrected chi connectivity index (χ1v) is 7.53. The number of aryl methyl sites for hydroxylation is 1. The molecule has 0 atom stereocenters. The second kappa shape index (κ2) is 6.28. The first-order chi connectivity index (χ1) is 11.5. The Balaban J connectivity index is 1.97. The molecule has 0 amide bonds. The molecule has 3 rings (SSSR count). The Kier molecular flexibility index (Phi) is 4.16. The maximum Gasteiger partial charge on any atom is 0.310 e. The van der Waals surface area contributed by atoms with E-state index < -0.39 is 5.82 Å². The van der Waals surface area contributed by atoms with Gasteiger partial charge in [-0.1, -0.05) is 25.1 Å². The Hall–Kier alpha value is -2.95. The standard InChI is InChI=1S/C19H15FO4/c1-3-17(21)23-13-8-11(2)18-15(10-13)24-16(19(18)22)9-12-6-4-5-7-14(12)20/h4-10H,3H2,1-2H3/b16-9-. The van der Waals surface area contributed by atoms with E-state index in [9.17, 15) is 14.0 Å². The molecule has 1 heterocycles. The van der Waals surface area contributed by atoms with Crippen LogP contribution in [0.1, 0.15) is 34.8 Å². The zero-order valence-electron chi connectivity index (χ0n) is 13.3. The van der Waals surface area contributed by atoms with Crippen molar-refractivity contribution in [1.82, 2.24) is 0 Å². The molecule has 2 aromatic carbocycles. The van der Waals surface area contributed by atoms with Gasteiger partial charge in [-0.15, -0.1) is 0 Å². The summed E-state index contributed by atoms with van der Waals surface area (Å²) < 4.78 is 24.5. The lowest BCUT2D eigenvalue weighted by Crippen LogP contribution is -2.06. The summed E-state index contributed by atoms with van der Waals surface area (Å²) in [6, 6.07) is 9.23. The lowest BCUT2D eigenvalue weighted by molar-refractivity contribution is -0.134. The highest BCUT2D eigenvalue weighted by Gasteiger charge is 2.30. The van der Waals surface area contributed by atoms with Crippen LogP contribution < -0.4 is 9.47 Å². The molecule has 0 radical (unpaired) electrons. The van der Waals surface area contributed by atoms with Crippen LogP contribution >= 0.6 is 0 Å². The molecular formula is C19H15FO4. The number of hydrogen-bond donors (Lipinski definition) is 0. The molecule has 0 spiro atoms. The zero-order chi connectivity index (χ0) is 17.3. The fourth-order valence-electron chi connectivity index (χ4n) is 2.47. The highest BCUT2D eigenvalue weighted by molar-refractivity contribution is 6.15. The molecule has 0 saturated carbocycles. The summed E-state index contributed by atoms with van der Waals surface area (Å²) in [5.74, 6) is -0.469. The van der Waals surface area contributed by atoms with E-state index >= 15 is 0 Å². The van der Waals surface area contributed by atoms with Gasteiger partial charge >= 0.3 is 5.97 Å². The minimum absolute atomic E-state index is 0.0390. The van der Waals surface area contributed by atoms with Gasteiger partial charge in [0.2, 0.25) is 5.78 Å². The van der Waals surface area contributed by atoms with Crippen molar-refractivity contribution in [2.45, 2.75) is 20.3 Å². The van der Waals surface area contributed by atoms with Gasteiger partial charge in [0.25, 0.3) is 0 Å². The summed E-state index contributed by atoms with van der Waals surface area (Å²) in [6.45, 7) is 3.42. The van der Waals surface area contributed by atoms with Gasteiger partial charge in [-0.2, -0.15) is 0 Å². The Labute approximate surface area is 138 Å². The molecule has 4 nitrogen and oxygen atoms in total. The van der Waals surface area contributed by atoms with E-state index in [1.807, 2.05) is 0 Å². The van der Waals surface area contributed by atoms with Crippen LogP contribution in [0, 0.1) is 12.7 Å². The van der Waals surface area contributed by atoms with Crippen molar-refractivity contribution in [3.8, 4) is 11.5 Å². The maximum absolute atomic E-state index is 13.8. The molecule has 0 aromatic heterocycles. The molecule has 1 aliphatic rings. The number of fused-ring (bicyclic) bond motifs is 1. The van der Waals surface area contributed by atoms with Crippen LogP contribution in [-0.2, 0) is 4.79 Å². The average Bonchev–Trinajstić information content (AvgIpc) is 2.86. The van der Waals surface area contributed by atoms with Gasteiger partial charge in [0.05, 0.1) is 5.56 Å². The number of ketones is 1. The Morgan fingerprint density at radius 3 is 2.75 bits per heavy atom. The van der Waals surface area contributed by atoms with Crippen molar-refractivity contribution in [3.05, 3.63) is 64.7 Å². The molecule has 0 fully saturated rings. The van der Waals surface area contributed by atoms with Crippen molar-refractivity contribution in [1.29, 1.82) is 0 Å². The SMILES string of the molecule is CCC(=O)Oc1cc(C)c2c(c1)O/C(=C\c1ccccc1F)C2=O. The third kappa shape index (κ3) is 2.93. The van der Waals surface area contributed by atoms with Gasteiger partial charge in [-0.25, -0.2) is 4.39 Å². The summed E-state index contributed by atoms with van der Waals surface area (Å²) in [7, 11) is 0. The molecule has 5 heteroatoms. The average molecular weight is 326 g/mol. The van der Waals surface area contributed by atoms with Crippen LogP contribution in [0.2, 0.25) is 0 Å². The highest BCUT2D eigenvalue weighted by Crippen LogP contribution is 2.37. The minimum Gasteiger partial charge on any atom is -0.452 e. The number of esters is 1. The minimum atomic E-state index is -0.438. The molecule has 0 N–H and O–H groups in total. The topological polar surface area (TPSA) is 52.6 Å². The molecule has 0 bridgehead atoms. The fourth-order valence-corrected chi connectivity index (χ4v) is 2.47. The molecule has 1 aliphatic heterocycles. The predicted octanol–water partition coefficient (Wildman–Crippen LogP) is 4.07. The van der Waals surface area contributed by atoms with Crippen LogP contribution in [0.5, 0.6) is 11.5 Å². The molecule has 0 saturated heterocycles. The summed E-state index contributed by atoms with van der Waals surface area (Å²) in [6.07, 6.45) is 1.61. The molecular weight excluding hydrogens is 311 g/mol. The molecule has 0 unspecified atom stereocenters. The number of halogens is 1. The van der Waals surface area contributed by atoms with E-state index in [-0.39, 0.29) is 29.5 Å². The lowest BCUT2D eigenvalue weighted by Gasteiger charge is -2.06. The van der Waals surface area contributed by atoms with Gasteiger partial charge in [-0.05, 0) is 30.7 Å². The van der Waals surface area contributed by atoms with Gasteiger partial charge in [0.1, 0.15) is 17.3 Å². The first-order valence-electron chi connectivity index (χ1n) is 7.53. The quantitative estimate of drug-likeness (QED) is 0.485. The van der Waals surface area contributed by atoms with Crippen LogP contribution in [0.4, 0.5) is 4.39 Å². The van der Waals surface area contributed by atoms with Crippen molar-refractivity contribution < 1.29 is 23.5 Å². The number of benzene rings is 2. The van der Waals surface area contributed by atoms with Gasteiger partial charge in [0.15, 0.2) is 5.76 Å². The predicted molar refractivity (Wildman–Crippen MR) is 86.4 cm³/mol. The number of carbonyl (C=O) groups excluding carboxylic acids is 2. The maximum atomic E-state index is 13.8. The normalized spacial score (nSPS) is 14.5. The number of allylic oxidation sites excluding steroid dienone is 1. The molecule has 2 aromatic rings. The van der Waals surface area contributed by atoms with Gasteiger partial charge in [0, 0.05) is 18.1 Å². The van der Waals surface area contributed by atoms with Gasteiger partial charge < -0.3 is 9.47 Å². The summed E-state index contributed by atoms with van der Waals surface area (Å²) in [5, 5.41) is 0. The van der Waals surface area contributed by atoms with Crippen LogP contribution in [0.3, 0.4) is 0 Å². The third-order valence-electron chi connectivity index (χ3n) is 3.66. The summed E-state index contributed by atoms with van der Waals surface area (Å²) in [4.78, 5) is 23.9. The third-order valence-corrected chi connectivity index (χ3v) is 3.66. The van der Waals surface area contributed by atoms with Crippen LogP contribution in [0.25, 0.3) is 6.08 Å². The van der Waals surface area contributed by atoms with Crippen molar-refractivity contribution in [2.75, 3.05) is 0 Å². The number of Topliss-reactive ketones (excluding diaryl/α,β-unsaturated/α-hetero) is 1.